The van der Waals surface area contributed by atoms with Gasteiger partial charge in [0.2, 0.25) is 0 Å². The van der Waals surface area contributed by atoms with E-state index < -0.39 is 16.3 Å². The molecule has 0 aromatic rings. The van der Waals surface area contributed by atoms with E-state index in [1.165, 1.54) is 15.7 Å². The van der Waals surface area contributed by atoms with Crippen molar-refractivity contribution in [2.24, 2.45) is 5.41 Å². The normalized spacial score (nSPS) is 27.8. The molecule has 1 N–H and O–H groups in total. The Morgan fingerprint density at radius 1 is 1.40 bits per heavy atom. The molecule has 0 radical (unpaired) electrons. The van der Waals surface area contributed by atoms with Crippen LogP contribution in [-0.4, -0.2) is 67.1 Å². The number of hydrogen-bond acceptors (Lipinski definition) is 4. The minimum absolute atomic E-state index is 0.114. The van der Waals surface area contributed by atoms with E-state index in [0.29, 0.717) is 13.2 Å². The second-order valence-electron chi connectivity index (χ2n) is 6.65. The van der Waals surface area contributed by atoms with E-state index in [1.54, 1.807) is 0 Å². The lowest BCUT2D eigenvalue weighted by Gasteiger charge is -2.42. The zero-order valence-electron chi connectivity index (χ0n) is 13.3. The van der Waals surface area contributed by atoms with Crippen molar-refractivity contribution in [1.29, 1.82) is 0 Å². The fourth-order valence-electron chi connectivity index (χ4n) is 2.45. The number of aliphatic hydroxyl groups excluding tert-OH is 1. The van der Waals surface area contributed by atoms with Crippen molar-refractivity contribution in [2.75, 3.05) is 26.8 Å². The Hall–Kier alpha value is -0.210. The molecule has 0 aromatic carbocycles. The molecule has 1 rings (SSSR count). The predicted molar refractivity (Wildman–Crippen MR) is 78.6 cm³/mol. The topological polar surface area (TPSA) is 70.1 Å². The first-order valence-corrected chi connectivity index (χ1v) is 8.38. The smallest absolute Gasteiger partial charge is 0.282 e. The number of nitrogens with zero attached hydrogens (tertiary/aromatic N) is 2. The van der Waals surface area contributed by atoms with E-state index in [4.69, 9.17) is 4.74 Å². The third-order valence-electron chi connectivity index (χ3n) is 3.82. The van der Waals surface area contributed by atoms with Gasteiger partial charge < -0.3 is 9.84 Å². The van der Waals surface area contributed by atoms with Gasteiger partial charge in [0.05, 0.1) is 25.4 Å². The molecule has 1 fully saturated rings. The summed E-state index contributed by atoms with van der Waals surface area (Å²) >= 11 is 0. The van der Waals surface area contributed by atoms with Crippen LogP contribution in [0.3, 0.4) is 0 Å². The molecule has 0 bridgehead atoms. The summed E-state index contributed by atoms with van der Waals surface area (Å²) in [6.07, 6.45) is -0.114. The molecule has 0 aliphatic carbocycles. The van der Waals surface area contributed by atoms with Gasteiger partial charge >= 0.3 is 0 Å². The Morgan fingerprint density at radius 2 is 1.95 bits per heavy atom. The summed E-state index contributed by atoms with van der Waals surface area (Å²) in [6.45, 7) is 10.0. The van der Waals surface area contributed by atoms with Gasteiger partial charge in [-0.25, -0.2) is 0 Å². The Balaban J connectivity index is 3.02. The molecule has 120 valence electrons. The van der Waals surface area contributed by atoms with Crippen molar-refractivity contribution in [3.8, 4) is 0 Å². The van der Waals surface area contributed by atoms with E-state index in [9.17, 15) is 13.5 Å². The van der Waals surface area contributed by atoms with Crippen molar-refractivity contribution >= 4 is 10.2 Å². The fourth-order valence-corrected chi connectivity index (χ4v) is 4.40. The second-order valence-corrected chi connectivity index (χ2v) is 8.59. The van der Waals surface area contributed by atoms with E-state index in [-0.39, 0.29) is 24.2 Å². The molecule has 0 spiro atoms. The molecule has 0 amide bonds. The predicted octanol–water partition coefficient (Wildman–Crippen LogP) is 0.679. The summed E-state index contributed by atoms with van der Waals surface area (Å²) in [7, 11) is -2.08. The van der Waals surface area contributed by atoms with Gasteiger partial charge in [-0.15, -0.1) is 0 Å². The van der Waals surface area contributed by atoms with Gasteiger partial charge in [0.25, 0.3) is 10.2 Å². The highest BCUT2D eigenvalue weighted by Gasteiger charge is 2.41. The average Bonchev–Trinajstić information content (AvgIpc) is 2.31. The van der Waals surface area contributed by atoms with Crippen molar-refractivity contribution in [2.45, 2.75) is 52.8 Å². The van der Waals surface area contributed by atoms with Crippen LogP contribution in [0.1, 0.15) is 34.6 Å². The Morgan fingerprint density at radius 3 is 2.40 bits per heavy atom. The standard InChI is InChI=1S/C13H28N2O4S/c1-10-9-19-11(2)7-15(10)20(17,18)14(6)12(8-16)13(3,4)5/h10-12,16H,7-9H2,1-6H3/t10-,11+,12-/m0/s1. The van der Waals surface area contributed by atoms with Crippen LogP contribution in [0.15, 0.2) is 0 Å². The third kappa shape index (κ3) is 3.71. The Bertz CT molecular complexity index is 419. The summed E-state index contributed by atoms with van der Waals surface area (Å²) in [6, 6.07) is -0.657. The van der Waals surface area contributed by atoms with Crippen LogP contribution in [0.4, 0.5) is 0 Å². The van der Waals surface area contributed by atoms with Crippen LogP contribution in [0.2, 0.25) is 0 Å². The first-order chi connectivity index (χ1) is 9.01. The number of hydrogen-bond donors (Lipinski definition) is 1. The largest absolute Gasteiger partial charge is 0.395 e. The molecule has 3 atom stereocenters. The van der Waals surface area contributed by atoms with E-state index in [2.05, 4.69) is 0 Å². The van der Waals surface area contributed by atoms with E-state index >= 15 is 0 Å². The van der Waals surface area contributed by atoms with Gasteiger partial charge in [-0.2, -0.15) is 17.0 Å². The second kappa shape index (κ2) is 6.27. The van der Waals surface area contributed by atoms with E-state index in [0.717, 1.165) is 0 Å². The molecular formula is C13H28N2O4S. The van der Waals surface area contributed by atoms with Crippen LogP contribution in [0.5, 0.6) is 0 Å². The molecule has 0 aromatic heterocycles. The van der Waals surface area contributed by atoms with Crippen molar-refractivity contribution in [1.82, 2.24) is 8.61 Å². The van der Waals surface area contributed by atoms with Crippen molar-refractivity contribution in [3.05, 3.63) is 0 Å². The molecule has 1 heterocycles. The maximum absolute atomic E-state index is 12.8. The summed E-state index contributed by atoms with van der Waals surface area (Å²) in [5, 5.41) is 9.56. The highest BCUT2D eigenvalue weighted by Crippen LogP contribution is 2.28. The summed E-state index contributed by atoms with van der Waals surface area (Å²) in [5.41, 5.74) is -0.336. The van der Waals surface area contributed by atoms with Crippen molar-refractivity contribution in [3.63, 3.8) is 0 Å². The van der Waals surface area contributed by atoms with Crippen LogP contribution in [0, 0.1) is 5.41 Å². The number of morpholine rings is 1. The van der Waals surface area contributed by atoms with Gasteiger partial charge in [-0.1, -0.05) is 20.8 Å². The lowest BCUT2D eigenvalue weighted by atomic mass is 9.87. The van der Waals surface area contributed by atoms with Crippen LogP contribution in [0.25, 0.3) is 0 Å². The summed E-state index contributed by atoms with van der Waals surface area (Å²) in [4.78, 5) is 0. The molecule has 6 nitrogen and oxygen atoms in total. The monoisotopic (exact) mass is 308 g/mol. The molecular weight excluding hydrogens is 280 g/mol. The van der Waals surface area contributed by atoms with Gasteiger partial charge in [-0.3, -0.25) is 0 Å². The summed E-state index contributed by atoms with van der Waals surface area (Å²) < 4.78 is 33.8. The molecule has 1 saturated heterocycles. The zero-order valence-corrected chi connectivity index (χ0v) is 14.1. The molecule has 7 heteroatoms. The Labute approximate surface area is 122 Å². The first-order valence-electron chi connectivity index (χ1n) is 6.99. The molecule has 0 saturated carbocycles. The minimum Gasteiger partial charge on any atom is -0.395 e. The highest BCUT2D eigenvalue weighted by molar-refractivity contribution is 7.86. The maximum atomic E-state index is 12.8. The first kappa shape index (κ1) is 17.8. The molecule has 0 unspecified atom stereocenters. The summed E-state index contributed by atoms with van der Waals surface area (Å²) in [5.74, 6) is 0. The minimum atomic E-state index is -3.61. The maximum Gasteiger partial charge on any atom is 0.282 e. The van der Waals surface area contributed by atoms with Crippen LogP contribution < -0.4 is 0 Å². The van der Waals surface area contributed by atoms with Gasteiger partial charge in [0, 0.05) is 19.6 Å². The number of ether oxygens (including phenoxy) is 1. The number of aliphatic hydroxyl groups is 1. The van der Waals surface area contributed by atoms with Gasteiger partial charge in [-0.05, 0) is 19.3 Å². The molecule has 20 heavy (non-hydrogen) atoms. The lowest BCUT2D eigenvalue weighted by molar-refractivity contribution is -0.0204. The van der Waals surface area contributed by atoms with Crippen LogP contribution >= 0.6 is 0 Å². The number of likely N-dealkylation sites (N-methyl/N-ethyl adjacent to an activating group) is 1. The zero-order chi connectivity index (χ0) is 15.7. The lowest BCUT2D eigenvalue weighted by Crippen LogP contribution is -2.58. The average molecular weight is 308 g/mol. The SMILES string of the molecule is C[C@@H]1CN(S(=O)(=O)N(C)[C@@H](CO)C(C)(C)C)[C@@H](C)CO1. The fraction of sp³-hybridized carbons (Fsp3) is 1.00. The van der Waals surface area contributed by atoms with E-state index in [1.807, 2.05) is 34.6 Å². The highest BCUT2D eigenvalue weighted by atomic mass is 32.2. The van der Waals surface area contributed by atoms with Crippen LogP contribution in [-0.2, 0) is 14.9 Å². The van der Waals surface area contributed by atoms with Crippen molar-refractivity contribution < 1.29 is 18.3 Å². The molecule has 1 aliphatic heterocycles. The Kier molecular flexibility index (Phi) is 5.60. The quantitative estimate of drug-likeness (QED) is 0.829. The number of rotatable bonds is 4. The van der Waals surface area contributed by atoms with Gasteiger partial charge in [0.15, 0.2) is 0 Å². The molecule has 1 aliphatic rings. The van der Waals surface area contributed by atoms with Gasteiger partial charge in [0.1, 0.15) is 0 Å². The third-order valence-corrected chi connectivity index (χ3v) is 5.91.